The summed E-state index contributed by atoms with van der Waals surface area (Å²) in [4.78, 5) is 7.19. The van der Waals surface area contributed by atoms with Gasteiger partial charge in [-0.15, -0.1) is 0 Å². The number of benzene rings is 3. The standard InChI is InChI=1S/C28H28N4O2/c1-2-10-23-21(7-1)8-5-9-22(23)19-32-20-25(24-11-3-4-12-26(24)32)28-29-27(30-34-28)13-6-14-31-15-17-33-18-16-31/h1-5,7-12,20H,6,13-19H2. The number of hydrogen-bond donors (Lipinski definition) is 0. The summed E-state index contributed by atoms with van der Waals surface area (Å²) in [5, 5.41) is 7.95. The molecule has 1 aliphatic rings. The molecule has 0 saturated carbocycles. The van der Waals surface area contributed by atoms with Gasteiger partial charge in [0.15, 0.2) is 5.82 Å². The van der Waals surface area contributed by atoms with Gasteiger partial charge in [0, 0.05) is 43.2 Å². The number of para-hydroxylation sites is 1. The first kappa shape index (κ1) is 21.1. The lowest BCUT2D eigenvalue weighted by Gasteiger charge is -2.26. The fourth-order valence-corrected chi connectivity index (χ4v) is 4.91. The van der Waals surface area contributed by atoms with E-state index in [9.17, 15) is 0 Å². The predicted octanol–water partition coefficient (Wildman–Crippen LogP) is 5.16. The van der Waals surface area contributed by atoms with Crippen molar-refractivity contribution in [3.05, 3.63) is 84.3 Å². The highest BCUT2D eigenvalue weighted by molar-refractivity contribution is 5.94. The maximum absolute atomic E-state index is 5.73. The average molecular weight is 453 g/mol. The van der Waals surface area contributed by atoms with Gasteiger partial charge in [0.2, 0.25) is 0 Å². The molecule has 1 saturated heterocycles. The number of ether oxygens (including phenoxy) is 1. The van der Waals surface area contributed by atoms with Crippen molar-refractivity contribution >= 4 is 21.7 Å². The van der Waals surface area contributed by atoms with E-state index in [1.54, 1.807) is 0 Å². The van der Waals surface area contributed by atoms with Crippen LogP contribution in [0.25, 0.3) is 33.1 Å². The van der Waals surface area contributed by atoms with Crippen LogP contribution < -0.4 is 0 Å². The molecule has 1 aliphatic heterocycles. The van der Waals surface area contributed by atoms with E-state index in [0.29, 0.717) is 5.89 Å². The van der Waals surface area contributed by atoms with Crippen LogP contribution in [0.3, 0.4) is 0 Å². The van der Waals surface area contributed by atoms with Gasteiger partial charge in [0.1, 0.15) is 0 Å². The second-order valence-corrected chi connectivity index (χ2v) is 8.90. The molecule has 2 aromatic heterocycles. The minimum Gasteiger partial charge on any atom is -0.379 e. The molecule has 0 aliphatic carbocycles. The van der Waals surface area contributed by atoms with Crippen molar-refractivity contribution in [1.82, 2.24) is 19.6 Å². The average Bonchev–Trinajstić information content (AvgIpc) is 3.50. The molecule has 5 aromatic rings. The van der Waals surface area contributed by atoms with Crippen molar-refractivity contribution in [3.8, 4) is 11.5 Å². The predicted molar refractivity (Wildman–Crippen MR) is 134 cm³/mol. The normalized spacial score (nSPS) is 14.8. The Kier molecular flexibility index (Phi) is 5.83. The summed E-state index contributed by atoms with van der Waals surface area (Å²) in [6.07, 6.45) is 3.98. The van der Waals surface area contributed by atoms with Crippen LogP contribution in [0.1, 0.15) is 17.8 Å². The van der Waals surface area contributed by atoms with Crippen LogP contribution in [0.5, 0.6) is 0 Å². The van der Waals surface area contributed by atoms with Crippen LogP contribution in [-0.2, 0) is 17.7 Å². The molecule has 1 fully saturated rings. The van der Waals surface area contributed by atoms with E-state index >= 15 is 0 Å². The van der Waals surface area contributed by atoms with Crippen molar-refractivity contribution in [2.75, 3.05) is 32.8 Å². The molecule has 0 radical (unpaired) electrons. The van der Waals surface area contributed by atoms with Crippen molar-refractivity contribution in [3.63, 3.8) is 0 Å². The lowest BCUT2D eigenvalue weighted by Crippen LogP contribution is -2.36. The van der Waals surface area contributed by atoms with Crippen molar-refractivity contribution in [1.29, 1.82) is 0 Å². The molecule has 34 heavy (non-hydrogen) atoms. The van der Waals surface area contributed by atoms with Crippen LogP contribution >= 0.6 is 0 Å². The van der Waals surface area contributed by atoms with Crippen LogP contribution in [0.4, 0.5) is 0 Å². The third-order valence-corrected chi connectivity index (χ3v) is 6.69. The number of nitrogens with zero attached hydrogens (tertiary/aromatic N) is 4. The molecule has 0 unspecified atom stereocenters. The van der Waals surface area contributed by atoms with Gasteiger partial charge in [-0.1, -0.05) is 65.8 Å². The topological polar surface area (TPSA) is 56.3 Å². The molecular formula is C28H28N4O2. The van der Waals surface area contributed by atoms with E-state index in [-0.39, 0.29) is 0 Å². The van der Waals surface area contributed by atoms with Gasteiger partial charge in [-0.3, -0.25) is 4.90 Å². The fraction of sp³-hybridized carbons (Fsp3) is 0.286. The first-order valence-corrected chi connectivity index (χ1v) is 12.0. The Morgan fingerprint density at radius 2 is 1.65 bits per heavy atom. The molecular weight excluding hydrogens is 424 g/mol. The maximum atomic E-state index is 5.73. The lowest BCUT2D eigenvalue weighted by atomic mass is 10.0. The lowest BCUT2D eigenvalue weighted by molar-refractivity contribution is 0.0374. The van der Waals surface area contributed by atoms with Gasteiger partial charge in [-0.2, -0.15) is 4.98 Å². The monoisotopic (exact) mass is 452 g/mol. The zero-order valence-corrected chi connectivity index (χ0v) is 19.2. The maximum Gasteiger partial charge on any atom is 0.260 e. The molecule has 0 spiro atoms. The number of morpholine rings is 1. The molecule has 3 aromatic carbocycles. The summed E-state index contributed by atoms with van der Waals surface area (Å²) in [6, 6.07) is 23.5. The van der Waals surface area contributed by atoms with Crippen molar-refractivity contribution in [2.24, 2.45) is 0 Å². The SMILES string of the molecule is c1ccc2c(Cn3cc(-c4nc(CCCN5CCOCC5)no4)c4ccccc43)cccc2c1. The highest BCUT2D eigenvalue weighted by atomic mass is 16.5. The minimum atomic E-state index is 0.592. The zero-order chi connectivity index (χ0) is 22.7. The fourth-order valence-electron chi connectivity index (χ4n) is 4.91. The zero-order valence-electron chi connectivity index (χ0n) is 19.2. The first-order chi connectivity index (χ1) is 16.8. The van der Waals surface area contributed by atoms with E-state index in [2.05, 4.69) is 87.6 Å². The highest BCUT2D eigenvalue weighted by Gasteiger charge is 2.17. The summed E-state index contributed by atoms with van der Waals surface area (Å²) in [7, 11) is 0. The summed E-state index contributed by atoms with van der Waals surface area (Å²) < 4.78 is 13.4. The van der Waals surface area contributed by atoms with Gasteiger partial charge in [0.25, 0.3) is 5.89 Å². The summed E-state index contributed by atoms with van der Waals surface area (Å²) >= 11 is 0. The molecule has 6 heteroatoms. The number of aromatic nitrogens is 3. The van der Waals surface area contributed by atoms with E-state index in [1.807, 2.05) is 0 Å². The minimum absolute atomic E-state index is 0.592. The second-order valence-electron chi connectivity index (χ2n) is 8.90. The largest absolute Gasteiger partial charge is 0.379 e. The van der Waals surface area contributed by atoms with Gasteiger partial charge in [-0.05, 0) is 35.4 Å². The number of aryl methyl sites for hydroxylation is 1. The Balaban J connectivity index is 1.25. The Bertz CT molecular complexity index is 1410. The number of hydrogen-bond acceptors (Lipinski definition) is 5. The van der Waals surface area contributed by atoms with Crippen LogP contribution in [0, 0.1) is 0 Å². The Labute approximate surface area is 198 Å². The molecule has 0 N–H and O–H groups in total. The van der Waals surface area contributed by atoms with Crippen molar-refractivity contribution in [2.45, 2.75) is 19.4 Å². The second kappa shape index (κ2) is 9.41. The molecule has 6 rings (SSSR count). The smallest absolute Gasteiger partial charge is 0.260 e. The first-order valence-electron chi connectivity index (χ1n) is 12.0. The summed E-state index contributed by atoms with van der Waals surface area (Å²) in [6.45, 7) is 5.49. The van der Waals surface area contributed by atoms with Gasteiger partial charge < -0.3 is 13.8 Å². The van der Waals surface area contributed by atoms with E-state index in [0.717, 1.165) is 74.5 Å². The molecule has 172 valence electrons. The van der Waals surface area contributed by atoms with E-state index < -0.39 is 0 Å². The molecule has 0 bridgehead atoms. The Morgan fingerprint density at radius 3 is 2.56 bits per heavy atom. The summed E-state index contributed by atoms with van der Waals surface area (Å²) in [5.41, 5.74) is 3.44. The molecule has 3 heterocycles. The molecule has 6 nitrogen and oxygen atoms in total. The van der Waals surface area contributed by atoms with Gasteiger partial charge >= 0.3 is 0 Å². The van der Waals surface area contributed by atoms with E-state index in [1.165, 1.54) is 16.3 Å². The number of rotatable bonds is 7. The van der Waals surface area contributed by atoms with Crippen LogP contribution in [0.15, 0.2) is 77.4 Å². The van der Waals surface area contributed by atoms with Crippen LogP contribution in [-0.4, -0.2) is 52.5 Å². The Morgan fingerprint density at radius 1 is 0.853 bits per heavy atom. The third kappa shape index (κ3) is 4.22. The summed E-state index contributed by atoms with van der Waals surface area (Å²) in [5.74, 6) is 1.36. The van der Waals surface area contributed by atoms with Gasteiger partial charge in [-0.25, -0.2) is 0 Å². The van der Waals surface area contributed by atoms with E-state index in [4.69, 9.17) is 14.2 Å². The molecule has 0 atom stereocenters. The quantitative estimate of drug-likeness (QED) is 0.342. The van der Waals surface area contributed by atoms with Crippen molar-refractivity contribution < 1.29 is 9.26 Å². The third-order valence-electron chi connectivity index (χ3n) is 6.69. The number of fused-ring (bicyclic) bond motifs is 2. The highest BCUT2D eigenvalue weighted by Crippen LogP contribution is 2.31. The van der Waals surface area contributed by atoms with Crippen LogP contribution in [0.2, 0.25) is 0 Å². The Hall–Kier alpha value is -3.48. The molecule has 0 amide bonds. The van der Waals surface area contributed by atoms with Gasteiger partial charge in [0.05, 0.1) is 18.8 Å².